The van der Waals surface area contributed by atoms with Crippen molar-refractivity contribution >= 4 is 23.4 Å². The first kappa shape index (κ1) is 17.1. The Bertz CT molecular complexity index is 752. The van der Waals surface area contributed by atoms with Gasteiger partial charge in [0.05, 0.1) is 37.2 Å². The molecule has 2 heterocycles. The summed E-state index contributed by atoms with van der Waals surface area (Å²) >= 11 is 0. The van der Waals surface area contributed by atoms with Gasteiger partial charge in [-0.3, -0.25) is 9.69 Å². The molecule has 140 valence electrons. The molecular weight excluding hydrogens is 341 g/mol. The molecule has 2 saturated heterocycles. The Morgan fingerprint density at radius 1 is 1.35 bits per heavy atom. The van der Waals surface area contributed by atoms with Crippen LogP contribution >= 0.6 is 0 Å². The van der Waals surface area contributed by atoms with Gasteiger partial charge in [0.25, 0.3) is 0 Å². The summed E-state index contributed by atoms with van der Waals surface area (Å²) < 4.78 is 25.5. The van der Waals surface area contributed by atoms with Crippen molar-refractivity contribution in [1.82, 2.24) is 5.32 Å². The van der Waals surface area contributed by atoms with Gasteiger partial charge in [-0.1, -0.05) is 6.92 Å². The minimum atomic E-state index is -0.720. The third-order valence-corrected chi connectivity index (χ3v) is 5.54. The molecule has 3 atom stereocenters. The van der Waals surface area contributed by atoms with Crippen LogP contribution < -0.4 is 15.1 Å². The number of hydrogen-bond donors (Lipinski definition) is 1. The second-order valence-electron chi connectivity index (χ2n) is 7.11. The van der Waals surface area contributed by atoms with Gasteiger partial charge in [0.2, 0.25) is 5.91 Å². The fourth-order valence-electron chi connectivity index (χ4n) is 3.95. The maximum absolute atomic E-state index is 14.6. The van der Waals surface area contributed by atoms with E-state index in [1.54, 1.807) is 12.1 Å². The molecule has 1 aromatic carbocycles. The minimum Gasteiger partial charge on any atom is -0.438 e. The van der Waals surface area contributed by atoms with Crippen molar-refractivity contribution < 1.29 is 23.5 Å². The van der Waals surface area contributed by atoms with E-state index in [1.165, 1.54) is 17.9 Å². The molecule has 0 aromatic heterocycles. The van der Waals surface area contributed by atoms with Crippen LogP contribution in [0, 0.1) is 11.7 Å². The molecule has 1 aliphatic carbocycles. The van der Waals surface area contributed by atoms with Crippen molar-refractivity contribution in [3.8, 4) is 0 Å². The first-order valence-corrected chi connectivity index (χ1v) is 8.82. The average molecular weight is 363 g/mol. The second kappa shape index (κ2) is 6.12. The predicted molar refractivity (Wildman–Crippen MR) is 92.8 cm³/mol. The zero-order valence-corrected chi connectivity index (χ0v) is 14.8. The van der Waals surface area contributed by atoms with Gasteiger partial charge in [0, 0.05) is 25.9 Å². The van der Waals surface area contributed by atoms with E-state index in [9.17, 15) is 14.0 Å². The Kier molecular flexibility index (Phi) is 4.02. The lowest BCUT2D eigenvalue weighted by atomic mass is 10.2. The molecule has 3 aliphatic rings. The summed E-state index contributed by atoms with van der Waals surface area (Å²) in [5, 5.41) is 2.82. The predicted octanol–water partition coefficient (Wildman–Crippen LogP) is 1.51. The standard InChI is InChI=1S/C18H22FN3O4/c1-11-16(20-12(2)23)18(11)10-22(17(24)26-18)13-3-4-15(14(19)9-13)21-5-7-25-8-6-21/h3-4,9,11,16H,5-8,10H2,1-2H3,(H,20,23)/t11?,16-,18?/m0/s1. The molecule has 26 heavy (non-hydrogen) atoms. The van der Waals surface area contributed by atoms with Crippen molar-refractivity contribution in [3.05, 3.63) is 24.0 Å². The van der Waals surface area contributed by atoms with Crippen LogP contribution in [0.4, 0.5) is 20.6 Å². The molecule has 0 bridgehead atoms. The normalized spacial score (nSPS) is 30.5. The fraction of sp³-hybridized carbons (Fsp3) is 0.556. The molecule has 4 rings (SSSR count). The lowest BCUT2D eigenvalue weighted by molar-refractivity contribution is -0.119. The number of nitrogens with zero attached hydrogens (tertiary/aromatic N) is 2. The zero-order valence-electron chi connectivity index (χ0n) is 14.8. The maximum atomic E-state index is 14.6. The molecule has 7 nitrogen and oxygen atoms in total. The van der Waals surface area contributed by atoms with E-state index < -0.39 is 11.7 Å². The van der Waals surface area contributed by atoms with Gasteiger partial charge < -0.3 is 19.7 Å². The Morgan fingerprint density at radius 3 is 2.73 bits per heavy atom. The number of hydrogen-bond acceptors (Lipinski definition) is 5. The van der Waals surface area contributed by atoms with Crippen LogP contribution in [0.2, 0.25) is 0 Å². The van der Waals surface area contributed by atoms with E-state index in [0.29, 0.717) is 44.2 Å². The molecular formula is C18H22FN3O4. The molecule has 1 spiro atoms. The highest BCUT2D eigenvalue weighted by atomic mass is 19.1. The van der Waals surface area contributed by atoms with Crippen molar-refractivity contribution in [1.29, 1.82) is 0 Å². The van der Waals surface area contributed by atoms with Gasteiger partial charge in [-0.15, -0.1) is 0 Å². The second-order valence-corrected chi connectivity index (χ2v) is 7.11. The van der Waals surface area contributed by atoms with E-state index in [-0.39, 0.29) is 23.7 Å². The van der Waals surface area contributed by atoms with Crippen LogP contribution in [0.15, 0.2) is 18.2 Å². The number of amides is 2. The average Bonchev–Trinajstić information content (AvgIpc) is 2.97. The van der Waals surface area contributed by atoms with Gasteiger partial charge >= 0.3 is 6.09 Å². The number of anilines is 2. The zero-order chi connectivity index (χ0) is 18.5. The topological polar surface area (TPSA) is 71.1 Å². The number of carbonyl (C=O) groups is 2. The van der Waals surface area contributed by atoms with Crippen molar-refractivity contribution in [3.63, 3.8) is 0 Å². The fourth-order valence-corrected chi connectivity index (χ4v) is 3.95. The van der Waals surface area contributed by atoms with Gasteiger partial charge in [0.1, 0.15) is 5.82 Å². The van der Waals surface area contributed by atoms with Gasteiger partial charge in [-0.25, -0.2) is 9.18 Å². The Balaban J connectivity index is 1.52. The van der Waals surface area contributed by atoms with E-state index in [0.717, 1.165) is 0 Å². The van der Waals surface area contributed by atoms with E-state index in [4.69, 9.17) is 9.47 Å². The molecule has 3 fully saturated rings. The molecule has 1 saturated carbocycles. The van der Waals surface area contributed by atoms with Crippen molar-refractivity contribution in [2.45, 2.75) is 25.5 Å². The lowest BCUT2D eigenvalue weighted by Gasteiger charge is -2.29. The summed E-state index contributed by atoms with van der Waals surface area (Å²) in [6.07, 6.45) is -0.511. The summed E-state index contributed by atoms with van der Waals surface area (Å²) in [6.45, 7) is 6.10. The molecule has 2 unspecified atom stereocenters. The smallest absolute Gasteiger partial charge is 0.415 e. The van der Waals surface area contributed by atoms with Crippen molar-refractivity contribution in [2.75, 3.05) is 42.6 Å². The third kappa shape index (κ3) is 2.68. The molecule has 2 amide bonds. The molecule has 2 aliphatic heterocycles. The van der Waals surface area contributed by atoms with Gasteiger partial charge in [-0.2, -0.15) is 0 Å². The SMILES string of the molecule is CC(=O)N[C@H]1C(C)C12CN(c1ccc(N3CCOCC3)c(F)c1)C(=O)O2. The molecule has 1 aromatic rings. The van der Waals surface area contributed by atoms with Crippen LogP contribution in [0.25, 0.3) is 0 Å². The van der Waals surface area contributed by atoms with Gasteiger partial charge in [-0.05, 0) is 18.2 Å². The van der Waals surface area contributed by atoms with E-state index in [1.807, 2.05) is 11.8 Å². The molecule has 8 heteroatoms. The number of carbonyl (C=O) groups excluding carboxylic acids is 2. The number of rotatable bonds is 3. The number of benzene rings is 1. The Labute approximate surface area is 151 Å². The Hall–Kier alpha value is -2.35. The van der Waals surface area contributed by atoms with Crippen LogP contribution in [-0.4, -0.2) is 56.5 Å². The highest BCUT2D eigenvalue weighted by Gasteiger charge is 2.70. The van der Waals surface area contributed by atoms with Crippen LogP contribution in [0.5, 0.6) is 0 Å². The highest BCUT2D eigenvalue weighted by molar-refractivity contribution is 5.91. The minimum absolute atomic E-state index is 0.0258. The molecule has 0 radical (unpaired) electrons. The largest absolute Gasteiger partial charge is 0.438 e. The van der Waals surface area contributed by atoms with Crippen LogP contribution in [0.3, 0.4) is 0 Å². The summed E-state index contributed by atoms with van der Waals surface area (Å²) in [5.41, 5.74) is 0.250. The first-order chi connectivity index (χ1) is 12.4. The number of morpholine rings is 1. The van der Waals surface area contributed by atoms with E-state index >= 15 is 0 Å². The quantitative estimate of drug-likeness (QED) is 0.882. The van der Waals surface area contributed by atoms with Crippen LogP contribution in [-0.2, 0) is 14.3 Å². The van der Waals surface area contributed by atoms with E-state index in [2.05, 4.69) is 5.32 Å². The highest BCUT2D eigenvalue weighted by Crippen LogP contribution is 2.51. The molecule has 1 N–H and O–H groups in total. The maximum Gasteiger partial charge on any atom is 0.415 e. The monoisotopic (exact) mass is 363 g/mol. The Morgan fingerprint density at radius 2 is 2.08 bits per heavy atom. The van der Waals surface area contributed by atoms with Crippen LogP contribution in [0.1, 0.15) is 13.8 Å². The summed E-state index contributed by atoms with van der Waals surface area (Å²) in [4.78, 5) is 27.0. The number of ether oxygens (including phenoxy) is 2. The number of halogens is 1. The van der Waals surface area contributed by atoms with Crippen molar-refractivity contribution in [2.24, 2.45) is 5.92 Å². The summed E-state index contributed by atoms with van der Waals surface area (Å²) in [5.74, 6) is -0.507. The summed E-state index contributed by atoms with van der Waals surface area (Å²) in [7, 11) is 0. The van der Waals surface area contributed by atoms with Gasteiger partial charge in [0.15, 0.2) is 5.60 Å². The number of nitrogens with one attached hydrogen (secondary N) is 1. The lowest BCUT2D eigenvalue weighted by Crippen LogP contribution is -2.36. The summed E-state index contributed by atoms with van der Waals surface area (Å²) in [6, 6.07) is 4.59. The third-order valence-electron chi connectivity index (χ3n) is 5.54. The first-order valence-electron chi connectivity index (χ1n) is 8.82.